The summed E-state index contributed by atoms with van der Waals surface area (Å²) in [6.45, 7) is 5.84. The van der Waals surface area contributed by atoms with E-state index in [0.717, 1.165) is 69.7 Å². The highest BCUT2D eigenvalue weighted by Gasteiger charge is 2.63. The van der Waals surface area contributed by atoms with Crippen LogP contribution >= 0.6 is 0 Å². The minimum Gasteiger partial charge on any atom is -0.496 e. The molecule has 5 heterocycles. The Morgan fingerprint density at radius 3 is 2.28 bits per heavy atom. The highest BCUT2D eigenvalue weighted by atomic mass is 19.1. The molecule has 0 radical (unpaired) electrons. The number of β-lactam (4-membered cyclic amide) rings is 1. The van der Waals surface area contributed by atoms with Crippen molar-refractivity contribution < 1.29 is 37.8 Å². The Morgan fingerprint density at radius 2 is 1.59 bits per heavy atom. The van der Waals surface area contributed by atoms with Crippen LogP contribution in [0.15, 0.2) is 48.5 Å². The summed E-state index contributed by atoms with van der Waals surface area (Å²) in [4.78, 5) is 61.1. The number of carbonyl (C=O) groups is 4. The molecule has 9 rings (SSSR count). The molecule has 3 aromatic rings. The summed E-state index contributed by atoms with van der Waals surface area (Å²) in [5, 5.41) is 11.9. The fourth-order valence-electron chi connectivity index (χ4n) is 10.5. The second-order valence-corrected chi connectivity index (χ2v) is 16.9. The average Bonchev–Trinajstić information content (AvgIpc) is 3.87. The van der Waals surface area contributed by atoms with Gasteiger partial charge in [0, 0.05) is 92.9 Å². The molecular formula is C44H50F2N6O6. The van der Waals surface area contributed by atoms with E-state index in [1.54, 1.807) is 29.0 Å². The first-order valence-electron chi connectivity index (χ1n) is 20.7. The zero-order chi connectivity index (χ0) is 40.3. The van der Waals surface area contributed by atoms with Crippen LogP contribution in [0.25, 0.3) is 0 Å². The Kier molecular flexibility index (Phi) is 10.1. The van der Waals surface area contributed by atoms with Gasteiger partial charge in [-0.3, -0.25) is 29.4 Å². The summed E-state index contributed by atoms with van der Waals surface area (Å²) < 4.78 is 37.0. The first-order chi connectivity index (χ1) is 28.1. The van der Waals surface area contributed by atoms with Crippen molar-refractivity contribution in [1.82, 2.24) is 15.1 Å². The van der Waals surface area contributed by atoms with E-state index in [1.807, 2.05) is 12.1 Å². The maximum Gasteiger partial charge on any atom is 0.255 e. The molecule has 2 N–H and O–H groups in total. The molecule has 4 saturated heterocycles. The number of aliphatic hydroxyl groups is 1. The van der Waals surface area contributed by atoms with E-state index < -0.39 is 35.8 Å². The molecule has 1 spiro atoms. The third kappa shape index (κ3) is 6.58. The van der Waals surface area contributed by atoms with Crippen LogP contribution in [0.3, 0.4) is 0 Å². The van der Waals surface area contributed by atoms with Gasteiger partial charge in [0.05, 0.1) is 30.9 Å². The van der Waals surface area contributed by atoms with Crippen LogP contribution in [0.5, 0.6) is 5.75 Å². The maximum absolute atomic E-state index is 16.3. The normalized spacial score (nSPS) is 23.8. The third-order valence-electron chi connectivity index (χ3n) is 13.7. The number of aliphatic hydroxyl groups excluding tert-OH is 1. The van der Waals surface area contributed by atoms with Crippen molar-refractivity contribution in [2.45, 2.75) is 76.6 Å². The van der Waals surface area contributed by atoms with Crippen LogP contribution in [-0.4, -0.2) is 97.5 Å². The molecule has 4 amide bonds. The number of hydrogen-bond donors (Lipinski definition) is 2. The average molecular weight is 797 g/mol. The highest BCUT2D eigenvalue weighted by Crippen LogP contribution is 2.62. The fraction of sp³-hybridized carbons (Fsp3) is 0.500. The Labute approximate surface area is 336 Å². The number of rotatable bonds is 9. The van der Waals surface area contributed by atoms with Gasteiger partial charge in [0.2, 0.25) is 17.7 Å². The molecule has 6 aliphatic rings. The van der Waals surface area contributed by atoms with Crippen LogP contribution in [0.4, 0.5) is 25.8 Å². The number of ether oxygens (including phenoxy) is 1. The number of amides is 4. The van der Waals surface area contributed by atoms with Gasteiger partial charge in [0.25, 0.3) is 5.91 Å². The second kappa shape index (κ2) is 15.3. The molecule has 5 fully saturated rings. The van der Waals surface area contributed by atoms with E-state index in [2.05, 4.69) is 26.1 Å². The lowest BCUT2D eigenvalue weighted by atomic mass is 9.66. The molecule has 14 heteroatoms. The molecule has 1 saturated carbocycles. The van der Waals surface area contributed by atoms with Crippen molar-refractivity contribution in [3.05, 3.63) is 82.4 Å². The van der Waals surface area contributed by atoms with Gasteiger partial charge in [0.1, 0.15) is 23.4 Å². The molecule has 12 nitrogen and oxygen atoms in total. The molecule has 58 heavy (non-hydrogen) atoms. The van der Waals surface area contributed by atoms with Crippen molar-refractivity contribution in [3.8, 4) is 5.75 Å². The van der Waals surface area contributed by atoms with Crippen molar-refractivity contribution in [2.24, 2.45) is 11.3 Å². The summed E-state index contributed by atoms with van der Waals surface area (Å²) >= 11 is 0. The summed E-state index contributed by atoms with van der Waals surface area (Å²) in [5.41, 5.74) is 3.52. The first-order valence-corrected chi connectivity index (χ1v) is 20.7. The summed E-state index contributed by atoms with van der Waals surface area (Å²) in [7, 11) is 1.57. The van der Waals surface area contributed by atoms with Gasteiger partial charge in [-0.2, -0.15) is 0 Å². The Morgan fingerprint density at radius 1 is 0.845 bits per heavy atom. The summed E-state index contributed by atoms with van der Waals surface area (Å²) in [6, 6.07) is 12.5. The van der Waals surface area contributed by atoms with E-state index in [4.69, 9.17) is 4.74 Å². The van der Waals surface area contributed by atoms with E-state index >= 15 is 4.39 Å². The van der Waals surface area contributed by atoms with Crippen molar-refractivity contribution >= 4 is 40.7 Å². The van der Waals surface area contributed by atoms with Crippen molar-refractivity contribution in [3.63, 3.8) is 0 Å². The standard InChI is InChI=1S/C44H50F2N6O6/c1-58-38-23-37(35(46)22-33(38)40-44(12-2-3-13-44)43(57)52(40)31-5-4-28(26-53)34(45)21-31)50-14-10-27(11-15-50)24-48-16-18-49(19-17-48)30-6-7-32-29(20-30)25-51(42(32)56)36-8-9-39(54)47-41(36)55/h4-7,20-23,27,36,40,53H,2-3,8-19,24-26H2,1H3,(H,47,54,55)/t36-,40-/m0/s1. The predicted octanol–water partition coefficient (Wildman–Crippen LogP) is 4.91. The van der Waals surface area contributed by atoms with Crippen LogP contribution in [0, 0.1) is 23.0 Å². The molecule has 5 aliphatic heterocycles. The molecular weight excluding hydrogens is 747 g/mol. The van der Waals surface area contributed by atoms with E-state index in [0.29, 0.717) is 73.1 Å². The number of piperazine rings is 1. The number of piperidine rings is 2. The number of nitrogens with zero attached hydrogens (tertiary/aromatic N) is 5. The molecule has 0 aromatic heterocycles. The third-order valence-corrected chi connectivity index (χ3v) is 13.7. The Hall–Kier alpha value is -5.08. The lowest BCUT2D eigenvalue weighted by molar-refractivity contribution is -0.140. The van der Waals surface area contributed by atoms with Gasteiger partial charge in [-0.15, -0.1) is 0 Å². The number of carbonyl (C=O) groups excluding carboxylic acids is 4. The molecule has 3 aromatic carbocycles. The number of nitrogens with one attached hydrogen (secondary N) is 1. The number of fused-ring (bicyclic) bond motifs is 1. The van der Waals surface area contributed by atoms with Crippen molar-refractivity contribution in [1.29, 1.82) is 0 Å². The number of benzene rings is 3. The minimum absolute atomic E-state index is 0.0813. The fourth-order valence-corrected chi connectivity index (χ4v) is 10.5. The predicted molar refractivity (Wildman–Crippen MR) is 212 cm³/mol. The largest absolute Gasteiger partial charge is 0.496 e. The molecule has 306 valence electrons. The number of hydrogen-bond acceptors (Lipinski definition) is 9. The molecule has 1 aliphatic carbocycles. The summed E-state index contributed by atoms with van der Waals surface area (Å²) in [6.07, 6.45) is 5.59. The lowest BCUT2D eigenvalue weighted by Crippen LogP contribution is -2.62. The topological polar surface area (TPSA) is 126 Å². The smallest absolute Gasteiger partial charge is 0.255 e. The first kappa shape index (κ1) is 38.4. The lowest BCUT2D eigenvalue weighted by Gasteiger charge is -2.55. The van der Waals surface area contributed by atoms with Crippen LogP contribution in [0.2, 0.25) is 0 Å². The van der Waals surface area contributed by atoms with Gasteiger partial charge in [-0.05, 0) is 80.0 Å². The van der Waals surface area contributed by atoms with Gasteiger partial charge < -0.3 is 29.4 Å². The van der Waals surface area contributed by atoms with E-state index in [1.165, 1.54) is 18.2 Å². The van der Waals surface area contributed by atoms with E-state index in [9.17, 15) is 28.7 Å². The van der Waals surface area contributed by atoms with Gasteiger partial charge in [-0.25, -0.2) is 8.78 Å². The maximum atomic E-state index is 16.3. The van der Waals surface area contributed by atoms with E-state index in [-0.39, 0.29) is 35.5 Å². The van der Waals surface area contributed by atoms with Gasteiger partial charge >= 0.3 is 0 Å². The van der Waals surface area contributed by atoms with Gasteiger partial charge in [-0.1, -0.05) is 18.9 Å². The number of halogens is 2. The quantitative estimate of drug-likeness (QED) is 0.230. The monoisotopic (exact) mass is 796 g/mol. The number of methoxy groups -OCH3 is 1. The van der Waals surface area contributed by atoms with Crippen LogP contribution in [0.1, 0.15) is 84.5 Å². The molecule has 0 bridgehead atoms. The highest BCUT2D eigenvalue weighted by molar-refractivity contribution is 6.07. The SMILES string of the molecule is COc1cc(N2CCC(CN3CCN(c4ccc5c(c4)CN([C@H]4CCC(=O)NC4=O)C5=O)CC3)CC2)c(F)cc1[C@@H]1N(c2ccc(CO)c(F)c2)C(=O)C12CCCC2. The van der Waals surface area contributed by atoms with Crippen LogP contribution < -0.4 is 24.8 Å². The van der Waals surface area contributed by atoms with Gasteiger partial charge in [0.15, 0.2) is 0 Å². The molecule has 0 unspecified atom stereocenters. The second-order valence-electron chi connectivity index (χ2n) is 16.9. The molecule has 2 atom stereocenters. The van der Waals surface area contributed by atoms with Crippen LogP contribution in [-0.2, 0) is 27.5 Å². The zero-order valence-electron chi connectivity index (χ0n) is 32.9. The van der Waals surface area contributed by atoms with Crippen molar-refractivity contribution in [2.75, 3.05) is 67.6 Å². The Balaban J connectivity index is 0.814. The Bertz CT molecular complexity index is 2140. The summed E-state index contributed by atoms with van der Waals surface area (Å²) in [5.74, 6) is -0.906. The minimum atomic E-state index is -0.680. The number of anilines is 3. The zero-order valence-corrected chi connectivity index (χ0v) is 32.9. The number of imide groups is 1.